The van der Waals surface area contributed by atoms with Crippen molar-refractivity contribution in [2.45, 2.75) is 32.1 Å². The van der Waals surface area contributed by atoms with Gasteiger partial charge in [-0.05, 0) is 38.0 Å². The van der Waals surface area contributed by atoms with Crippen molar-refractivity contribution in [3.8, 4) is 0 Å². The quantitative estimate of drug-likeness (QED) is 0.613. The number of carbonyl (C=O) groups excluding carboxylic acids is 1. The number of nitrogens with zero attached hydrogens (tertiary/aromatic N) is 5. The van der Waals surface area contributed by atoms with Gasteiger partial charge in [-0.15, -0.1) is 0 Å². The molecule has 0 unspecified atom stereocenters. The Morgan fingerprint density at radius 2 is 1.26 bits per heavy atom. The van der Waals surface area contributed by atoms with Gasteiger partial charge in [0.2, 0.25) is 0 Å². The third-order valence-corrected chi connectivity index (χ3v) is 5.97. The number of benzene rings is 1. The van der Waals surface area contributed by atoms with Crippen molar-refractivity contribution in [2.75, 3.05) is 54.4 Å². The molecule has 2 aliphatic heterocycles. The van der Waals surface area contributed by atoms with Gasteiger partial charge >= 0.3 is 18.4 Å². The van der Waals surface area contributed by atoms with Crippen LogP contribution in [-0.2, 0) is 12.4 Å². The molecule has 0 saturated carbocycles. The van der Waals surface area contributed by atoms with Crippen LogP contribution in [0.4, 0.5) is 48.5 Å². The summed E-state index contributed by atoms with van der Waals surface area (Å²) in [5.74, 6) is 2.18. The molecule has 0 atom stereocenters. The molecule has 1 N–H and O–H groups in total. The lowest BCUT2D eigenvalue weighted by atomic mass is 10.1. The number of rotatable bonds is 3. The first-order valence-electron chi connectivity index (χ1n) is 11.1. The normalized spacial score (nSPS) is 17.2. The number of hydrogen-bond acceptors (Lipinski definition) is 5. The number of urea groups is 1. The zero-order valence-electron chi connectivity index (χ0n) is 18.9. The number of halogens is 6. The Bertz CT molecular complexity index is 1040. The number of anilines is 3. The van der Waals surface area contributed by atoms with Crippen LogP contribution in [0.5, 0.6) is 0 Å². The first-order valence-corrected chi connectivity index (χ1v) is 11.1. The van der Waals surface area contributed by atoms with Crippen LogP contribution >= 0.6 is 0 Å². The summed E-state index contributed by atoms with van der Waals surface area (Å²) >= 11 is 0. The van der Waals surface area contributed by atoms with E-state index in [4.69, 9.17) is 0 Å². The number of amides is 2. The molecule has 4 rings (SSSR count). The van der Waals surface area contributed by atoms with Crippen molar-refractivity contribution in [2.24, 2.45) is 0 Å². The maximum absolute atomic E-state index is 13.1. The maximum atomic E-state index is 13.1. The second-order valence-corrected chi connectivity index (χ2v) is 8.52. The molecule has 0 spiro atoms. The molecule has 0 bridgehead atoms. The summed E-state index contributed by atoms with van der Waals surface area (Å²) in [5.41, 5.74) is -3.54. The predicted octanol–water partition coefficient (Wildman–Crippen LogP) is 4.78. The third kappa shape index (κ3) is 5.88. The van der Waals surface area contributed by atoms with Crippen molar-refractivity contribution in [3.05, 3.63) is 41.2 Å². The summed E-state index contributed by atoms with van der Waals surface area (Å²) in [6.07, 6.45) is -7.78. The summed E-state index contributed by atoms with van der Waals surface area (Å²) < 4.78 is 78.5. The van der Waals surface area contributed by atoms with Gasteiger partial charge < -0.3 is 20.0 Å². The molecule has 1 aromatic carbocycles. The van der Waals surface area contributed by atoms with Crippen LogP contribution in [0.2, 0.25) is 0 Å². The van der Waals surface area contributed by atoms with Crippen LogP contribution in [0, 0.1) is 6.92 Å². The Hall–Kier alpha value is -3.25. The number of alkyl halides is 6. The van der Waals surface area contributed by atoms with Crippen LogP contribution in [0.1, 0.15) is 29.8 Å². The average molecular weight is 502 g/mol. The lowest BCUT2D eigenvalue weighted by molar-refractivity contribution is -0.143. The number of aromatic nitrogens is 2. The summed E-state index contributed by atoms with van der Waals surface area (Å²) in [5, 5.41) is 2.18. The van der Waals surface area contributed by atoms with E-state index < -0.39 is 35.2 Å². The van der Waals surface area contributed by atoms with Gasteiger partial charge in [0.1, 0.15) is 17.5 Å². The molecule has 2 aliphatic rings. The predicted molar refractivity (Wildman–Crippen MR) is 117 cm³/mol. The molecule has 0 radical (unpaired) electrons. The minimum absolute atomic E-state index is 0.0224. The van der Waals surface area contributed by atoms with Crippen LogP contribution in [0.25, 0.3) is 0 Å². The van der Waals surface area contributed by atoms with E-state index in [1.165, 1.54) is 4.90 Å². The van der Waals surface area contributed by atoms with E-state index in [9.17, 15) is 31.1 Å². The topological polar surface area (TPSA) is 64.6 Å². The number of piperazine rings is 1. The molecule has 35 heavy (non-hydrogen) atoms. The largest absolute Gasteiger partial charge is 0.416 e. The van der Waals surface area contributed by atoms with E-state index in [1.54, 1.807) is 6.92 Å². The van der Waals surface area contributed by atoms with E-state index in [0.717, 1.165) is 31.7 Å². The number of carbonyl (C=O) groups is 1. The highest BCUT2D eigenvalue weighted by molar-refractivity contribution is 5.89. The van der Waals surface area contributed by atoms with E-state index in [0.29, 0.717) is 36.9 Å². The molecule has 2 fully saturated rings. The molecule has 1 aromatic heterocycles. The van der Waals surface area contributed by atoms with Crippen LogP contribution in [0.15, 0.2) is 24.3 Å². The molecule has 2 amide bonds. The monoisotopic (exact) mass is 502 g/mol. The molecule has 0 aliphatic carbocycles. The van der Waals surface area contributed by atoms with Gasteiger partial charge in [-0.25, -0.2) is 14.8 Å². The minimum Gasteiger partial charge on any atom is -0.356 e. The fourth-order valence-electron chi connectivity index (χ4n) is 4.18. The molecule has 2 saturated heterocycles. The highest BCUT2D eigenvalue weighted by atomic mass is 19.4. The van der Waals surface area contributed by atoms with E-state index in [-0.39, 0.29) is 19.2 Å². The SMILES string of the molecule is Cc1nc(N2CCCC2)cc(N2CCN(C(=O)Nc3cc(C(F)(F)F)cc(C(F)(F)F)c3)CC2)n1. The Balaban J connectivity index is 1.43. The van der Waals surface area contributed by atoms with Gasteiger partial charge in [-0.2, -0.15) is 26.3 Å². The Labute approximate surface area is 197 Å². The van der Waals surface area contributed by atoms with Crippen LogP contribution < -0.4 is 15.1 Å². The molecular formula is C22H24F6N6O. The van der Waals surface area contributed by atoms with E-state index >= 15 is 0 Å². The Morgan fingerprint density at radius 1 is 0.771 bits per heavy atom. The van der Waals surface area contributed by atoms with Gasteiger partial charge in [0.05, 0.1) is 11.1 Å². The average Bonchev–Trinajstić information content (AvgIpc) is 3.32. The summed E-state index contributed by atoms with van der Waals surface area (Å²) in [6, 6.07) is 2.14. The number of aryl methyl sites for hydroxylation is 1. The highest BCUT2D eigenvalue weighted by Gasteiger charge is 2.37. The van der Waals surface area contributed by atoms with Crippen LogP contribution in [0.3, 0.4) is 0 Å². The van der Waals surface area contributed by atoms with Gasteiger partial charge in [0.15, 0.2) is 0 Å². The smallest absolute Gasteiger partial charge is 0.356 e. The third-order valence-electron chi connectivity index (χ3n) is 5.97. The molecule has 7 nitrogen and oxygen atoms in total. The molecule has 3 heterocycles. The number of nitrogens with one attached hydrogen (secondary N) is 1. The Kier molecular flexibility index (Phi) is 6.69. The zero-order chi connectivity index (χ0) is 25.4. The van der Waals surface area contributed by atoms with Gasteiger partial charge in [-0.1, -0.05) is 0 Å². The molecule has 190 valence electrons. The second-order valence-electron chi connectivity index (χ2n) is 8.52. The van der Waals surface area contributed by atoms with Crippen molar-refractivity contribution < 1.29 is 31.1 Å². The van der Waals surface area contributed by atoms with Gasteiger partial charge in [0, 0.05) is 51.0 Å². The van der Waals surface area contributed by atoms with Gasteiger partial charge in [0.25, 0.3) is 0 Å². The number of hydrogen-bond donors (Lipinski definition) is 1. The van der Waals surface area contributed by atoms with E-state index in [2.05, 4.69) is 20.2 Å². The first kappa shape index (κ1) is 24.9. The standard InChI is InChI=1S/C22H24F6N6O/c1-14-29-18(32-4-2-3-5-32)13-19(30-14)33-6-8-34(9-7-33)20(35)31-17-11-15(21(23,24)25)10-16(12-17)22(26,27)28/h10-13H,2-9H2,1H3,(H,31,35). The minimum atomic E-state index is -4.99. The molecule has 2 aromatic rings. The lowest BCUT2D eigenvalue weighted by Crippen LogP contribution is -2.50. The molecular weight excluding hydrogens is 478 g/mol. The van der Waals surface area contributed by atoms with Crippen molar-refractivity contribution >= 4 is 23.4 Å². The van der Waals surface area contributed by atoms with Crippen LogP contribution in [-0.4, -0.2) is 60.2 Å². The van der Waals surface area contributed by atoms with Gasteiger partial charge in [-0.3, -0.25) is 0 Å². The zero-order valence-corrected chi connectivity index (χ0v) is 18.9. The van der Waals surface area contributed by atoms with Crippen molar-refractivity contribution in [1.29, 1.82) is 0 Å². The molecule has 13 heteroatoms. The fraction of sp³-hybridized carbons (Fsp3) is 0.500. The Morgan fingerprint density at radius 3 is 1.74 bits per heavy atom. The fourth-order valence-corrected chi connectivity index (χ4v) is 4.18. The maximum Gasteiger partial charge on any atom is 0.416 e. The summed E-state index contributed by atoms with van der Waals surface area (Å²) in [7, 11) is 0. The summed E-state index contributed by atoms with van der Waals surface area (Å²) in [6.45, 7) is 4.90. The second kappa shape index (κ2) is 9.42. The van der Waals surface area contributed by atoms with Crippen molar-refractivity contribution in [1.82, 2.24) is 14.9 Å². The van der Waals surface area contributed by atoms with Crippen molar-refractivity contribution in [3.63, 3.8) is 0 Å². The lowest BCUT2D eigenvalue weighted by Gasteiger charge is -2.35. The highest BCUT2D eigenvalue weighted by Crippen LogP contribution is 2.37. The first-order chi connectivity index (χ1) is 16.4. The van der Waals surface area contributed by atoms with E-state index in [1.807, 2.05) is 11.0 Å². The summed E-state index contributed by atoms with van der Waals surface area (Å²) in [4.78, 5) is 27.1.